The molecule has 5 heterocycles. The van der Waals surface area contributed by atoms with E-state index in [0.717, 1.165) is 27.8 Å². The minimum absolute atomic E-state index is 0.0489. The molecule has 0 saturated heterocycles. The van der Waals surface area contributed by atoms with E-state index < -0.39 is 52.6 Å². The minimum Gasteiger partial charge on any atom is -0.387 e. The number of aliphatic hydroxyl groups is 1. The fraction of sp³-hybridized carbons (Fsp3) is 0.333. The lowest BCUT2D eigenvalue weighted by Gasteiger charge is -2.18. The molecule has 11 nitrogen and oxygen atoms in total. The number of fused-ring (bicyclic) bond motifs is 3. The molecule has 1 unspecified atom stereocenters. The van der Waals surface area contributed by atoms with Crippen molar-refractivity contribution in [3.05, 3.63) is 52.3 Å². The van der Waals surface area contributed by atoms with Crippen molar-refractivity contribution in [1.82, 2.24) is 34.6 Å². The number of nitrogens with one attached hydrogen (secondary N) is 1. The standard InChI is InChI=1S/C21H17ClF5N9O2/c1-8-7-34(13-6-29-19-14(21(25,26)27)16(22)33-35(19)15(8)13)20(38)31-10-3-11(17(23)24)18(28-4-10)36-30-5-12(32-36)9(2)37/h3-6,8-9,17,37H,7H2,1-2H3,(H,31,38)/t8-,9?/m1/s1. The van der Waals surface area contributed by atoms with E-state index in [1.54, 1.807) is 6.92 Å². The Balaban J connectivity index is 1.45. The second-order valence-electron chi connectivity index (χ2n) is 8.54. The van der Waals surface area contributed by atoms with Gasteiger partial charge in [-0.3, -0.25) is 4.90 Å². The van der Waals surface area contributed by atoms with Gasteiger partial charge in [0.25, 0.3) is 6.43 Å². The predicted octanol–water partition coefficient (Wildman–Crippen LogP) is 4.52. The van der Waals surface area contributed by atoms with Crippen molar-refractivity contribution in [3.8, 4) is 5.82 Å². The molecule has 0 bridgehead atoms. The number of rotatable bonds is 4. The summed E-state index contributed by atoms with van der Waals surface area (Å²) in [6, 6.07) is 0.246. The first kappa shape index (κ1) is 25.7. The van der Waals surface area contributed by atoms with Gasteiger partial charge in [-0.2, -0.15) is 23.4 Å². The van der Waals surface area contributed by atoms with Crippen LogP contribution in [0.5, 0.6) is 0 Å². The van der Waals surface area contributed by atoms with Crippen molar-refractivity contribution >= 4 is 34.7 Å². The van der Waals surface area contributed by atoms with Crippen molar-refractivity contribution < 1.29 is 31.9 Å². The fourth-order valence-corrected chi connectivity index (χ4v) is 4.43. The Morgan fingerprint density at radius 1 is 1.21 bits per heavy atom. The van der Waals surface area contributed by atoms with Gasteiger partial charge in [0, 0.05) is 12.5 Å². The van der Waals surface area contributed by atoms with E-state index in [2.05, 4.69) is 30.6 Å². The molecule has 0 saturated carbocycles. The summed E-state index contributed by atoms with van der Waals surface area (Å²) in [6.07, 6.45) is -5.34. The third kappa shape index (κ3) is 4.28. The van der Waals surface area contributed by atoms with Crippen LogP contribution in [-0.4, -0.2) is 52.3 Å². The third-order valence-corrected chi connectivity index (χ3v) is 6.13. The number of pyridine rings is 1. The molecule has 1 aliphatic heterocycles. The average Bonchev–Trinajstić information content (AvgIpc) is 3.53. The van der Waals surface area contributed by atoms with Gasteiger partial charge in [0.2, 0.25) is 0 Å². The zero-order chi connectivity index (χ0) is 27.5. The Kier molecular flexibility index (Phi) is 6.18. The monoisotopic (exact) mass is 557 g/mol. The van der Waals surface area contributed by atoms with Crippen LogP contribution >= 0.6 is 11.6 Å². The quantitative estimate of drug-likeness (QED) is 0.353. The average molecular weight is 558 g/mol. The Morgan fingerprint density at radius 3 is 2.58 bits per heavy atom. The van der Waals surface area contributed by atoms with E-state index in [-0.39, 0.29) is 35.1 Å². The SMILES string of the molecule is CC(O)c1cnn(-c2ncc(NC(=O)N3C[C@@H](C)c4c3cnc3c(C(F)(F)F)c(Cl)nn43)cc2C(F)F)n1. The summed E-state index contributed by atoms with van der Waals surface area (Å²) in [6.45, 7) is 3.16. The summed E-state index contributed by atoms with van der Waals surface area (Å²) in [5.41, 5.74) is -1.73. The fourth-order valence-electron chi connectivity index (χ4n) is 4.16. The van der Waals surface area contributed by atoms with Crippen LogP contribution in [0.25, 0.3) is 11.5 Å². The van der Waals surface area contributed by atoms with E-state index in [1.165, 1.54) is 18.0 Å². The summed E-state index contributed by atoms with van der Waals surface area (Å²) in [5.74, 6) is -0.753. The first-order valence-electron chi connectivity index (χ1n) is 11.0. The Hall–Kier alpha value is -3.92. The molecule has 4 aromatic rings. The number of urea groups is 1. The number of halogens is 6. The first-order valence-corrected chi connectivity index (χ1v) is 11.4. The highest BCUT2D eigenvalue weighted by Gasteiger charge is 2.41. The largest absolute Gasteiger partial charge is 0.423 e. The minimum atomic E-state index is -4.79. The van der Waals surface area contributed by atoms with Gasteiger partial charge < -0.3 is 10.4 Å². The van der Waals surface area contributed by atoms with Gasteiger partial charge in [-0.25, -0.2) is 28.1 Å². The maximum absolute atomic E-state index is 13.8. The van der Waals surface area contributed by atoms with Gasteiger partial charge in [0.05, 0.1) is 47.3 Å². The first-order chi connectivity index (χ1) is 17.9. The lowest BCUT2D eigenvalue weighted by molar-refractivity contribution is -0.136. The van der Waals surface area contributed by atoms with Gasteiger partial charge in [0.15, 0.2) is 16.6 Å². The van der Waals surface area contributed by atoms with Crippen LogP contribution in [-0.2, 0) is 6.18 Å². The highest BCUT2D eigenvalue weighted by Crippen LogP contribution is 2.41. The van der Waals surface area contributed by atoms with Crippen LogP contribution < -0.4 is 10.2 Å². The van der Waals surface area contributed by atoms with E-state index in [0.29, 0.717) is 0 Å². The molecule has 200 valence electrons. The van der Waals surface area contributed by atoms with Crippen molar-refractivity contribution in [2.24, 2.45) is 0 Å². The molecule has 5 rings (SSSR count). The number of amides is 2. The van der Waals surface area contributed by atoms with Crippen LogP contribution in [0.4, 0.5) is 38.1 Å². The molecular weight excluding hydrogens is 541 g/mol. The maximum atomic E-state index is 13.8. The topological polar surface area (TPSA) is 126 Å². The zero-order valence-corrected chi connectivity index (χ0v) is 20.2. The summed E-state index contributed by atoms with van der Waals surface area (Å²) in [4.78, 5) is 22.9. The molecule has 2 N–H and O–H groups in total. The number of carbonyl (C=O) groups is 1. The highest BCUT2D eigenvalue weighted by atomic mass is 35.5. The number of nitrogens with zero attached hydrogens (tertiary/aromatic N) is 8. The summed E-state index contributed by atoms with van der Waals surface area (Å²) in [5, 5.41) is 22.9. The molecule has 4 aromatic heterocycles. The number of alkyl halides is 5. The van der Waals surface area contributed by atoms with Crippen LogP contribution in [0.2, 0.25) is 5.15 Å². The second-order valence-corrected chi connectivity index (χ2v) is 8.90. The Bertz CT molecular complexity index is 1550. The molecule has 0 aliphatic carbocycles. The summed E-state index contributed by atoms with van der Waals surface area (Å²) in [7, 11) is 0. The molecule has 2 amide bonds. The van der Waals surface area contributed by atoms with Crippen molar-refractivity contribution in [1.29, 1.82) is 0 Å². The normalized spacial score (nSPS) is 16.4. The van der Waals surface area contributed by atoms with Crippen LogP contribution in [0, 0.1) is 0 Å². The number of aromatic nitrogens is 7. The molecule has 0 aromatic carbocycles. The molecule has 0 spiro atoms. The van der Waals surface area contributed by atoms with Crippen LogP contribution in [0.3, 0.4) is 0 Å². The van der Waals surface area contributed by atoms with Gasteiger partial charge in [-0.05, 0) is 13.0 Å². The number of hydrogen-bond acceptors (Lipinski definition) is 7. The van der Waals surface area contributed by atoms with Crippen LogP contribution in [0.15, 0.2) is 24.7 Å². The molecule has 17 heteroatoms. The molecule has 2 atom stereocenters. The van der Waals surface area contributed by atoms with Crippen LogP contribution in [0.1, 0.15) is 54.8 Å². The molecule has 1 aliphatic rings. The molecule has 0 radical (unpaired) electrons. The summed E-state index contributed by atoms with van der Waals surface area (Å²) >= 11 is 5.75. The second kappa shape index (κ2) is 9.13. The third-order valence-electron chi connectivity index (χ3n) is 5.87. The van der Waals surface area contributed by atoms with Crippen molar-refractivity contribution in [2.45, 2.75) is 38.5 Å². The predicted molar refractivity (Wildman–Crippen MR) is 123 cm³/mol. The number of hydrogen-bond donors (Lipinski definition) is 2. The number of aliphatic hydroxyl groups excluding tert-OH is 1. The van der Waals surface area contributed by atoms with Gasteiger partial charge in [-0.15, -0.1) is 9.90 Å². The maximum Gasteiger partial charge on any atom is 0.423 e. The molecule has 0 fully saturated rings. The van der Waals surface area contributed by atoms with E-state index in [1.807, 2.05) is 0 Å². The van der Waals surface area contributed by atoms with E-state index in [9.17, 15) is 31.9 Å². The van der Waals surface area contributed by atoms with E-state index >= 15 is 0 Å². The Labute approximate surface area is 214 Å². The van der Waals surface area contributed by atoms with Crippen molar-refractivity contribution in [3.63, 3.8) is 0 Å². The summed E-state index contributed by atoms with van der Waals surface area (Å²) < 4.78 is 68.9. The number of carbonyl (C=O) groups excluding carboxylic acids is 1. The molecular formula is C21H17ClF5N9O2. The van der Waals surface area contributed by atoms with Gasteiger partial charge in [-0.1, -0.05) is 18.5 Å². The van der Waals surface area contributed by atoms with Gasteiger partial charge in [0.1, 0.15) is 11.3 Å². The van der Waals surface area contributed by atoms with Gasteiger partial charge >= 0.3 is 12.2 Å². The smallest absolute Gasteiger partial charge is 0.387 e. The highest BCUT2D eigenvalue weighted by molar-refractivity contribution is 6.30. The lowest BCUT2D eigenvalue weighted by Crippen LogP contribution is -2.34. The number of anilines is 2. The molecule has 38 heavy (non-hydrogen) atoms. The van der Waals surface area contributed by atoms with E-state index in [4.69, 9.17) is 11.6 Å². The van der Waals surface area contributed by atoms with Crippen molar-refractivity contribution in [2.75, 3.05) is 16.8 Å². The zero-order valence-electron chi connectivity index (χ0n) is 19.4. The Morgan fingerprint density at radius 2 is 1.95 bits per heavy atom. The lowest BCUT2D eigenvalue weighted by atomic mass is 10.1.